The molecule has 6 heteroatoms. The molecular formula is C15H12N2O4. The van der Waals surface area contributed by atoms with Crippen molar-refractivity contribution in [3.63, 3.8) is 0 Å². The van der Waals surface area contributed by atoms with E-state index in [2.05, 4.69) is 4.98 Å². The van der Waals surface area contributed by atoms with Crippen LogP contribution in [0.5, 0.6) is 17.2 Å². The van der Waals surface area contributed by atoms with Crippen molar-refractivity contribution in [3.8, 4) is 17.2 Å². The predicted molar refractivity (Wildman–Crippen MR) is 76.4 cm³/mol. The molecule has 0 bridgehead atoms. The third kappa shape index (κ3) is 2.80. The minimum atomic E-state index is 0.0547. The Balaban J connectivity index is 1.85. The predicted octanol–water partition coefficient (Wildman–Crippen LogP) is 2.84. The fourth-order valence-electron chi connectivity index (χ4n) is 1.89. The van der Waals surface area contributed by atoms with Gasteiger partial charge in [-0.05, 0) is 48.5 Å². The molecule has 1 aromatic heterocycles. The van der Waals surface area contributed by atoms with E-state index < -0.39 is 0 Å². The van der Waals surface area contributed by atoms with E-state index in [9.17, 15) is 15.4 Å². The SMILES string of the molecule is Oc1ccc(N(O)Oc2ccc3ncc(O)cc3c2)cc1. The molecule has 3 N–H and O–H groups in total. The van der Waals surface area contributed by atoms with Crippen LogP contribution in [0, 0.1) is 0 Å². The van der Waals surface area contributed by atoms with Crippen molar-refractivity contribution in [2.75, 3.05) is 5.23 Å². The van der Waals surface area contributed by atoms with Crippen molar-refractivity contribution in [2.24, 2.45) is 0 Å². The molecule has 0 unspecified atom stereocenters. The smallest absolute Gasteiger partial charge is 0.159 e. The molecule has 3 rings (SSSR count). The third-order valence-corrected chi connectivity index (χ3v) is 2.90. The van der Waals surface area contributed by atoms with Gasteiger partial charge in [0.1, 0.15) is 17.2 Å². The van der Waals surface area contributed by atoms with E-state index in [4.69, 9.17) is 4.84 Å². The largest absolute Gasteiger partial charge is 0.508 e. The molecule has 1 heterocycles. The highest BCUT2D eigenvalue weighted by atomic mass is 16.9. The summed E-state index contributed by atoms with van der Waals surface area (Å²) in [7, 11) is 0. The maximum absolute atomic E-state index is 9.86. The molecule has 21 heavy (non-hydrogen) atoms. The van der Waals surface area contributed by atoms with E-state index in [1.54, 1.807) is 24.3 Å². The molecule has 6 nitrogen and oxygen atoms in total. The van der Waals surface area contributed by atoms with Crippen molar-refractivity contribution < 1.29 is 20.3 Å². The summed E-state index contributed by atoms with van der Waals surface area (Å²) in [6.45, 7) is 0. The summed E-state index contributed by atoms with van der Waals surface area (Å²) in [6.07, 6.45) is 1.36. The van der Waals surface area contributed by atoms with E-state index in [0.29, 0.717) is 27.6 Å². The van der Waals surface area contributed by atoms with E-state index in [1.165, 1.54) is 30.5 Å². The molecule has 3 aromatic rings. The molecule has 0 saturated carbocycles. The van der Waals surface area contributed by atoms with Gasteiger partial charge in [0.05, 0.1) is 11.7 Å². The lowest BCUT2D eigenvalue weighted by Gasteiger charge is -2.17. The van der Waals surface area contributed by atoms with Crippen LogP contribution in [-0.2, 0) is 0 Å². The molecule has 0 radical (unpaired) electrons. The van der Waals surface area contributed by atoms with Gasteiger partial charge in [0.15, 0.2) is 5.75 Å². The van der Waals surface area contributed by atoms with Gasteiger partial charge in [-0.3, -0.25) is 10.2 Å². The number of pyridine rings is 1. The first-order chi connectivity index (χ1) is 10.1. The molecule has 0 atom stereocenters. The van der Waals surface area contributed by atoms with Crippen LogP contribution in [0.1, 0.15) is 0 Å². The Morgan fingerprint density at radius 3 is 2.43 bits per heavy atom. The van der Waals surface area contributed by atoms with Gasteiger partial charge in [-0.25, -0.2) is 0 Å². The highest BCUT2D eigenvalue weighted by Gasteiger charge is 2.07. The maximum Gasteiger partial charge on any atom is 0.159 e. The van der Waals surface area contributed by atoms with Crippen LogP contribution in [-0.4, -0.2) is 20.4 Å². The first kappa shape index (κ1) is 13.0. The number of hydrogen-bond donors (Lipinski definition) is 3. The molecule has 0 spiro atoms. The number of aromatic nitrogens is 1. The Morgan fingerprint density at radius 1 is 0.905 bits per heavy atom. The standard InChI is InChI=1S/C15H12N2O4/c18-12-3-1-11(2-4-12)17(20)21-14-5-6-15-10(8-14)7-13(19)9-16-15/h1-9,18-20H. The van der Waals surface area contributed by atoms with E-state index in [1.807, 2.05) is 0 Å². The van der Waals surface area contributed by atoms with Crippen molar-refractivity contribution in [2.45, 2.75) is 0 Å². The molecule has 0 aliphatic heterocycles. The van der Waals surface area contributed by atoms with Gasteiger partial charge in [-0.2, -0.15) is 0 Å². The molecule has 0 saturated heterocycles. The van der Waals surface area contributed by atoms with E-state index >= 15 is 0 Å². The number of fused-ring (bicyclic) bond motifs is 1. The van der Waals surface area contributed by atoms with Crippen molar-refractivity contribution in [1.29, 1.82) is 0 Å². The Morgan fingerprint density at radius 2 is 1.67 bits per heavy atom. The molecule has 0 amide bonds. The first-order valence-corrected chi connectivity index (χ1v) is 6.16. The van der Waals surface area contributed by atoms with Gasteiger partial charge in [-0.1, -0.05) is 5.23 Å². The Kier molecular flexibility index (Phi) is 3.21. The number of anilines is 1. The molecule has 2 aromatic carbocycles. The molecular weight excluding hydrogens is 272 g/mol. The van der Waals surface area contributed by atoms with Crippen molar-refractivity contribution in [3.05, 3.63) is 54.7 Å². The summed E-state index contributed by atoms with van der Waals surface area (Å²) in [5.74, 6) is 0.531. The summed E-state index contributed by atoms with van der Waals surface area (Å²) in [5.41, 5.74) is 1.07. The van der Waals surface area contributed by atoms with E-state index in [-0.39, 0.29) is 11.5 Å². The summed E-state index contributed by atoms with van der Waals surface area (Å²) in [5, 5.41) is 29.8. The van der Waals surface area contributed by atoms with Gasteiger partial charge in [0.2, 0.25) is 0 Å². The summed E-state index contributed by atoms with van der Waals surface area (Å²) in [4.78, 5) is 9.35. The van der Waals surface area contributed by atoms with Crippen molar-refractivity contribution >= 4 is 16.6 Å². The lowest BCUT2D eigenvalue weighted by molar-refractivity contribution is 0.0511. The van der Waals surface area contributed by atoms with Crippen LogP contribution < -0.4 is 10.1 Å². The number of hydrogen-bond acceptors (Lipinski definition) is 6. The topological polar surface area (TPSA) is 86.1 Å². The quantitative estimate of drug-likeness (QED) is 0.641. The fraction of sp³-hybridized carbons (Fsp3) is 0. The maximum atomic E-state index is 9.86. The Labute approximate surface area is 120 Å². The summed E-state index contributed by atoms with van der Waals surface area (Å²) < 4.78 is 0. The Bertz CT molecular complexity index is 774. The molecule has 0 aliphatic carbocycles. The zero-order valence-electron chi connectivity index (χ0n) is 10.8. The van der Waals surface area contributed by atoms with Crippen LogP contribution in [0.25, 0.3) is 10.9 Å². The van der Waals surface area contributed by atoms with Crippen LogP contribution in [0.2, 0.25) is 0 Å². The number of rotatable bonds is 3. The van der Waals surface area contributed by atoms with E-state index in [0.717, 1.165) is 0 Å². The monoisotopic (exact) mass is 284 g/mol. The lowest BCUT2D eigenvalue weighted by Crippen LogP contribution is -2.22. The van der Waals surface area contributed by atoms with Gasteiger partial charge in [0.25, 0.3) is 0 Å². The number of benzene rings is 2. The molecule has 0 fully saturated rings. The first-order valence-electron chi connectivity index (χ1n) is 6.16. The second-order valence-electron chi connectivity index (χ2n) is 4.43. The van der Waals surface area contributed by atoms with Gasteiger partial charge >= 0.3 is 0 Å². The normalized spacial score (nSPS) is 10.5. The minimum absolute atomic E-state index is 0.0547. The summed E-state index contributed by atoms with van der Waals surface area (Å²) in [6, 6.07) is 12.4. The average Bonchev–Trinajstić information content (AvgIpc) is 2.47. The number of aromatic hydroxyl groups is 2. The van der Waals surface area contributed by atoms with Crippen LogP contribution >= 0.6 is 0 Å². The molecule has 106 valence electrons. The van der Waals surface area contributed by atoms with Crippen LogP contribution in [0.4, 0.5) is 5.69 Å². The Hall–Kier alpha value is -2.99. The minimum Gasteiger partial charge on any atom is -0.508 e. The van der Waals surface area contributed by atoms with Crippen LogP contribution in [0.15, 0.2) is 54.7 Å². The van der Waals surface area contributed by atoms with Gasteiger partial charge in [-0.15, -0.1) is 0 Å². The zero-order chi connectivity index (χ0) is 14.8. The summed E-state index contributed by atoms with van der Waals surface area (Å²) >= 11 is 0. The second-order valence-corrected chi connectivity index (χ2v) is 4.43. The van der Waals surface area contributed by atoms with Crippen LogP contribution in [0.3, 0.4) is 0 Å². The number of phenols is 1. The second kappa shape index (κ2) is 5.18. The molecule has 0 aliphatic rings. The number of nitrogens with zero attached hydrogens (tertiary/aromatic N) is 2. The highest BCUT2D eigenvalue weighted by molar-refractivity contribution is 5.81. The van der Waals surface area contributed by atoms with Gasteiger partial charge < -0.3 is 15.1 Å². The fourth-order valence-corrected chi connectivity index (χ4v) is 1.89. The lowest BCUT2D eigenvalue weighted by atomic mass is 10.2. The average molecular weight is 284 g/mol. The zero-order valence-corrected chi connectivity index (χ0v) is 10.8. The van der Waals surface area contributed by atoms with Crippen molar-refractivity contribution in [1.82, 2.24) is 4.98 Å². The van der Waals surface area contributed by atoms with Gasteiger partial charge in [0, 0.05) is 5.39 Å². The third-order valence-electron chi connectivity index (χ3n) is 2.90. The number of phenolic OH excluding ortho intramolecular Hbond substituents is 1. The highest BCUT2D eigenvalue weighted by Crippen LogP contribution is 2.24.